The standard InChI is InChI=1S/C7H12ClN5/c1-9-7-10-4-5(8)6(11-7)12-13(2)3/h4H,1-3H3,(H2,9,10,11,12). The topological polar surface area (TPSA) is 53.1 Å². The van der Waals surface area contributed by atoms with E-state index in [0.29, 0.717) is 16.8 Å². The number of aromatic nitrogens is 2. The van der Waals surface area contributed by atoms with Gasteiger partial charge in [-0.25, -0.2) is 9.99 Å². The van der Waals surface area contributed by atoms with Gasteiger partial charge < -0.3 is 10.7 Å². The fraction of sp³-hybridized carbons (Fsp3) is 0.429. The predicted molar refractivity (Wildman–Crippen MR) is 53.9 cm³/mol. The number of halogens is 1. The Morgan fingerprint density at radius 3 is 2.69 bits per heavy atom. The van der Waals surface area contributed by atoms with Crippen LogP contribution < -0.4 is 10.7 Å². The largest absolute Gasteiger partial charge is 0.357 e. The Hall–Kier alpha value is -1.07. The summed E-state index contributed by atoms with van der Waals surface area (Å²) in [5.41, 5.74) is 2.96. The van der Waals surface area contributed by atoms with Crippen molar-refractivity contribution in [2.75, 3.05) is 31.9 Å². The molecule has 2 N–H and O–H groups in total. The second kappa shape index (κ2) is 4.25. The number of anilines is 2. The molecule has 0 spiro atoms. The average Bonchev–Trinajstić information content (AvgIpc) is 2.08. The number of hydrogen-bond donors (Lipinski definition) is 2. The Morgan fingerprint density at radius 2 is 2.15 bits per heavy atom. The molecule has 0 amide bonds. The first-order chi connectivity index (χ1) is 6.13. The summed E-state index contributed by atoms with van der Waals surface area (Å²) in [6.45, 7) is 0. The number of rotatable bonds is 3. The van der Waals surface area contributed by atoms with E-state index in [9.17, 15) is 0 Å². The smallest absolute Gasteiger partial charge is 0.224 e. The van der Waals surface area contributed by atoms with Crippen molar-refractivity contribution in [1.82, 2.24) is 15.0 Å². The van der Waals surface area contributed by atoms with Gasteiger partial charge in [-0.1, -0.05) is 11.6 Å². The highest BCUT2D eigenvalue weighted by Gasteiger charge is 2.04. The summed E-state index contributed by atoms with van der Waals surface area (Å²) in [7, 11) is 5.47. The van der Waals surface area contributed by atoms with Crippen LogP contribution in [0.4, 0.5) is 11.8 Å². The van der Waals surface area contributed by atoms with Crippen molar-refractivity contribution < 1.29 is 0 Å². The monoisotopic (exact) mass is 201 g/mol. The van der Waals surface area contributed by atoms with Crippen molar-refractivity contribution in [2.45, 2.75) is 0 Å². The molecule has 0 radical (unpaired) electrons. The molecule has 1 aromatic rings. The van der Waals surface area contributed by atoms with E-state index in [0.717, 1.165) is 0 Å². The molecule has 5 nitrogen and oxygen atoms in total. The van der Waals surface area contributed by atoms with Gasteiger partial charge in [0.05, 0.1) is 6.20 Å². The van der Waals surface area contributed by atoms with Crippen molar-refractivity contribution in [3.8, 4) is 0 Å². The fourth-order valence-electron chi connectivity index (χ4n) is 0.778. The maximum atomic E-state index is 5.86. The van der Waals surface area contributed by atoms with Crippen molar-refractivity contribution in [3.05, 3.63) is 11.2 Å². The summed E-state index contributed by atoms with van der Waals surface area (Å²) in [4.78, 5) is 8.08. The fourth-order valence-corrected chi connectivity index (χ4v) is 0.911. The highest BCUT2D eigenvalue weighted by molar-refractivity contribution is 6.32. The molecule has 0 fully saturated rings. The van der Waals surface area contributed by atoms with Crippen molar-refractivity contribution in [2.24, 2.45) is 0 Å². The van der Waals surface area contributed by atoms with E-state index in [1.54, 1.807) is 18.3 Å². The summed E-state index contributed by atoms with van der Waals surface area (Å²) in [6, 6.07) is 0. The molecule has 6 heteroatoms. The minimum atomic E-state index is 0.493. The minimum absolute atomic E-state index is 0.493. The molecule has 0 saturated heterocycles. The van der Waals surface area contributed by atoms with Gasteiger partial charge in [-0.15, -0.1) is 0 Å². The summed E-state index contributed by atoms with van der Waals surface area (Å²) in [6.07, 6.45) is 1.55. The maximum Gasteiger partial charge on any atom is 0.224 e. The Bertz CT molecular complexity index is 288. The summed E-state index contributed by atoms with van der Waals surface area (Å²) < 4.78 is 0. The van der Waals surface area contributed by atoms with Crippen molar-refractivity contribution in [3.63, 3.8) is 0 Å². The van der Waals surface area contributed by atoms with Crippen LogP contribution in [0.5, 0.6) is 0 Å². The lowest BCUT2D eigenvalue weighted by Gasteiger charge is -2.13. The summed E-state index contributed by atoms with van der Waals surface area (Å²) >= 11 is 5.86. The Balaban J connectivity index is 2.90. The third-order valence-electron chi connectivity index (χ3n) is 1.30. The van der Waals surface area contributed by atoms with Gasteiger partial charge in [0.25, 0.3) is 0 Å². The molecule has 0 atom stereocenters. The Kier molecular flexibility index (Phi) is 3.27. The van der Waals surface area contributed by atoms with Crippen LogP contribution in [0.1, 0.15) is 0 Å². The van der Waals surface area contributed by atoms with Crippen molar-refractivity contribution in [1.29, 1.82) is 0 Å². The van der Waals surface area contributed by atoms with Gasteiger partial charge in [-0.3, -0.25) is 0 Å². The van der Waals surface area contributed by atoms with E-state index in [2.05, 4.69) is 20.7 Å². The van der Waals surface area contributed by atoms with Crippen LogP contribution in [-0.4, -0.2) is 36.1 Å². The quantitative estimate of drug-likeness (QED) is 0.717. The van der Waals surface area contributed by atoms with E-state index in [-0.39, 0.29) is 0 Å². The van der Waals surface area contributed by atoms with Crippen LogP contribution in [0.15, 0.2) is 6.20 Å². The number of nitrogens with zero attached hydrogens (tertiary/aromatic N) is 3. The van der Waals surface area contributed by atoms with Gasteiger partial charge in [0, 0.05) is 21.1 Å². The molecule has 0 aromatic carbocycles. The van der Waals surface area contributed by atoms with Crippen molar-refractivity contribution >= 4 is 23.4 Å². The van der Waals surface area contributed by atoms with Gasteiger partial charge in [-0.05, 0) is 0 Å². The van der Waals surface area contributed by atoms with E-state index >= 15 is 0 Å². The lowest BCUT2D eigenvalue weighted by atomic mass is 10.6. The first kappa shape index (κ1) is 10.0. The molecule has 0 aliphatic rings. The van der Waals surface area contributed by atoms with Crippen LogP contribution in [-0.2, 0) is 0 Å². The summed E-state index contributed by atoms with van der Waals surface area (Å²) in [5, 5.41) is 5.08. The van der Waals surface area contributed by atoms with Gasteiger partial charge in [0.15, 0.2) is 5.82 Å². The highest BCUT2D eigenvalue weighted by atomic mass is 35.5. The van der Waals surface area contributed by atoms with E-state index < -0.39 is 0 Å². The van der Waals surface area contributed by atoms with Gasteiger partial charge in [-0.2, -0.15) is 4.98 Å². The maximum absolute atomic E-state index is 5.86. The van der Waals surface area contributed by atoms with Crippen LogP contribution in [0.3, 0.4) is 0 Å². The average molecular weight is 202 g/mol. The lowest BCUT2D eigenvalue weighted by Crippen LogP contribution is -2.21. The molecule has 1 rings (SSSR count). The van der Waals surface area contributed by atoms with E-state index in [1.165, 1.54) is 0 Å². The SMILES string of the molecule is CNc1ncc(Cl)c(NN(C)C)n1. The molecule has 0 aliphatic heterocycles. The van der Waals surface area contributed by atoms with Crippen LogP contribution >= 0.6 is 11.6 Å². The Labute approximate surface area is 82.1 Å². The predicted octanol–water partition coefficient (Wildman–Crippen LogP) is 1.06. The third kappa shape index (κ3) is 2.71. The molecule has 0 saturated carbocycles. The first-order valence-corrected chi connectivity index (χ1v) is 4.15. The molecule has 72 valence electrons. The zero-order valence-electron chi connectivity index (χ0n) is 7.80. The van der Waals surface area contributed by atoms with Crippen LogP contribution in [0.25, 0.3) is 0 Å². The van der Waals surface area contributed by atoms with E-state index in [1.807, 2.05) is 14.1 Å². The lowest BCUT2D eigenvalue weighted by molar-refractivity contribution is 0.492. The highest BCUT2D eigenvalue weighted by Crippen LogP contribution is 2.18. The second-order valence-electron chi connectivity index (χ2n) is 2.65. The number of hydrazine groups is 1. The summed E-state index contributed by atoms with van der Waals surface area (Å²) in [5.74, 6) is 1.12. The molecule has 1 heterocycles. The number of hydrogen-bond acceptors (Lipinski definition) is 5. The van der Waals surface area contributed by atoms with Gasteiger partial charge >= 0.3 is 0 Å². The van der Waals surface area contributed by atoms with E-state index in [4.69, 9.17) is 11.6 Å². The normalized spacial score (nSPS) is 10.2. The molecule has 0 bridgehead atoms. The zero-order valence-corrected chi connectivity index (χ0v) is 8.55. The molecule has 0 aliphatic carbocycles. The molecule has 1 aromatic heterocycles. The van der Waals surface area contributed by atoms with Crippen LogP contribution in [0, 0.1) is 0 Å². The molecule has 0 unspecified atom stereocenters. The molecular weight excluding hydrogens is 190 g/mol. The van der Waals surface area contributed by atoms with Gasteiger partial charge in [0.1, 0.15) is 5.02 Å². The zero-order chi connectivity index (χ0) is 9.84. The minimum Gasteiger partial charge on any atom is -0.357 e. The van der Waals surface area contributed by atoms with Crippen LogP contribution in [0.2, 0.25) is 5.02 Å². The Morgan fingerprint density at radius 1 is 1.46 bits per heavy atom. The first-order valence-electron chi connectivity index (χ1n) is 3.77. The molecule has 13 heavy (non-hydrogen) atoms. The second-order valence-corrected chi connectivity index (χ2v) is 3.05. The van der Waals surface area contributed by atoms with Gasteiger partial charge in [0.2, 0.25) is 5.95 Å². The third-order valence-corrected chi connectivity index (χ3v) is 1.57. The number of nitrogens with one attached hydrogen (secondary N) is 2. The molecular formula is C7H12ClN5.